The third-order valence-corrected chi connectivity index (χ3v) is 3.94. The second kappa shape index (κ2) is 7.52. The Labute approximate surface area is 142 Å². The molecule has 3 aromatic rings. The first kappa shape index (κ1) is 15.9. The number of amides is 1. The van der Waals surface area contributed by atoms with E-state index in [1.54, 1.807) is 24.3 Å². The van der Waals surface area contributed by atoms with E-state index >= 15 is 0 Å². The summed E-state index contributed by atoms with van der Waals surface area (Å²) in [6.45, 7) is -0.150. The standard InChI is InChI=1S/C18H14N2O3S/c21-10-13-5-4-8-15(9-13)23-11-17(22)20-18-19-16(12-24-18)14-6-2-1-3-7-14/h1-10,12H,11H2,(H,19,20,22). The number of hydrogen-bond donors (Lipinski definition) is 1. The number of carbonyl (C=O) groups excluding carboxylic acids is 2. The average Bonchev–Trinajstić information content (AvgIpc) is 3.09. The quantitative estimate of drug-likeness (QED) is 0.697. The molecular weight excluding hydrogens is 324 g/mol. The molecule has 0 aliphatic carbocycles. The number of nitrogens with one attached hydrogen (secondary N) is 1. The van der Waals surface area contributed by atoms with Crippen LogP contribution in [0.4, 0.5) is 5.13 Å². The highest BCUT2D eigenvalue weighted by atomic mass is 32.1. The van der Waals surface area contributed by atoms with E-state index in [9.17, 15) is 9.59 Å². The van der Waals surface area contributed by atoms with Gasteiger partial charge in [-0.15, -0.1) is 11.3 Å². The van der Waals surface area contributed by atoms with Crippen molar-refractivity contribution in [3.63, 3.8) is 0 Å². The number of aromatic nitrogens is 1. The van der Waals surface area contributed by atoms with Crippen molar-refractivity contribution >= 4 is 28.7 Å². The number of benzene rings is 2. The van der Waals surface area contributed by atoms with E-state index < -0.39 is 0 Å². The summed E-state index contributed by atoms with van der Waals surface area (Å²) in [6.07, 6.45) is 0.730. The van der Waals surface area contributed by atoms with Gasteiger partial charge in [0.05, 0.1) is 5.69 Å². The van der Waals surface area contributed by atoms with Gasteiger partial charge >= 0.3 is 0 Å². The lowest BCUT2D eigenvalue weighted by Crippen LogP contribution is -2.20. The van der Waals surface area contributed by atoms with E-state index in [4.69, 9.17) is 4.74 Å². The van der Waals surface area contributed by atoms with Gasteiger partial charge in [0.15, 0.2) is 11.7 Å². The summed E-state index contributed by atoms with van der Waals surface area (Å²) in [5.41, 5.74) is 2.31. The van der Waals surface area contributed by atoms with Gasteiger partial charge in [-0.3, -0.25) is 14.9 Å². The Hall–Kier alpha value is -2.99. The Balaban J connectivity index is 1.57. The molecule has 1 amide bonds. The van der Waals surface area contributed by atoms with Gasteiger partial charge in [0.1, 0.15) is 12.0 Å². The van der Waals surface area contributed by atoms with Crippen LogP contribution in [-0.4, -0.2) is 23.8 Å². The number of carbonyl (C=O) groups is 2. The molecule has 0 bridgehead atoms. The van der Waals surface area contributed by atoms with Gasteiger partial charge in [-0.2, -0.15) is 0 Å². The number of rotatable bonds is 6. The van der Waals surface area contributed by atoms with Crippen molar-refractivity contribution in [1.82, 2.24) is 4.98 Å². The van der Waals surface area contributed by atoms with E-state index in [1.165, 1.54) is 11.3 Å². The Kier molecular flexibility index (Phi) is 4.98. The van der Waals surface area contributed by atoms with E-state index in [0.29, 0.717) is 16.4 Å². The summed E-state index contributed by atoms with van der Waals surface area (Å²) in [5.74, 6) is 0.166. The molecule has 0 unspecified atom stereocenters. The molecule has 24 heavy (non-hydrogen) atoms. The fourth-order valence-corrected chi connectivity index (χ4v) is 2.79. The number of nitrogens with zero attached hydrogens (tertiary/aromatic N) is 1. The zero-order chi connectivity index (χ0) is 16.8. The molecule has 2 aromatic carbocycles. The van der Waals surface area contributed by atoms with Crippen LogP contribution in [0.15, 0.2) is 60.0 Å². The normalized spacial score (nSPS) is 10.2. The molecule has 1 N–H and O–H groups in total. The van der Waals surface area contributed by atoms with Crippen LogP contribution < -0.4 is 10.1 Å². The van der Waals surface area contributed by atoms with Crippen molar-refractivity contribution in [2.45, 2.75) is 0 Å². The van der Waals surface area contributed by atoms with E-state index in [1.807, 2.05) is 35.7 Å². The molecule has 0 saturated carbocycles. The minimum atomic E-state index is -0.305. The summed E-state index contributed by atoms with van der Waals surface area (Å²) in [4.78, 5) is 27.1. The van der Waals surface area contributed by atoms with E-state index in [-0.39, 0.29) is 12.5 Å². The predicted octanol–water partition coefficient (Wildman–Crippen LogP) is 3.64. The van der Waals surface area contributed by atoms with Crippen molar-refractivity contribution in [2.24, 2.45) is 0 Å². The van der Waals surface area contributed by atoms with Gasteiger partial charge in [0, 0.05) is 16.5 Å². The van der Waals surface area contributed by atoms with Crippen molar-refractivity contribution in [2.75, 3.05) is 11.9 Å². The van der Waals surface area contributed by atoms with Crippen LogP contribution in [0, 0.1) is 0 Å². The van der Waals surface area contributed by atoms with Gasteiger partial charge in [-0.05, 0) is 12.1 Å². The molecule has 0 spiro atoms. The van der Waals surface area contributed by atoms with Crippen LogP contribution in [0.25, 0.3) is 11.3 Å². The van der Waals surface area contributed by atoms with Gasteiger partial charge in [0.25, 0.3) is 5.91 Å². The molecule has 0 saturated heterocycles. The SMILES string of the molecule is O=Cc1cccc(OCC(=O)Nc2nc(-c3ccccc3)cs2)c1. The highest BCUT2D eigenvalue weighted by Gasteiger charge is 2.09. The summed E-state index contributed by atoms with van der Waals surface area (Å²) >= 11 is 1.36. The molecule has 6 heteroatoms. The first-order valence-corrected chi connectivity index (χ1v) is 8.11. The summed E-state index contributed by atoms with van der Waals surface area (Å²) in [7, 11) is 0. The second-order valence-corrected chi connectivity index (χ2v) is 5.79. The monoisotopic (exact) mass is 338 g/mol. The van der Waals surface area contributed by atoms with Crippen molar-refractivity contribution in [1.29, 1.82) is 0 Å². The lowest BCUT2D eigenvalue weighted by Gasteiger charge is -2.06. The van der Waals surface area contributed by atoms with Gasteiger partial charge in [0.2, 0.25) is 0 Å². The number of ether oxygens (including phenoxy) is 1. The van der Waals surface area contributed by atoms with E-state index in [0.717, 1.165) is 17.5 Å². The Morgan fingerprint density at radius 2 is 2.00 bits per heavy atom. The molecule has 0 fully saturated rings. The minimum absolute atomic E-state index is 0.150. The molecule has 0 radical (unpaired) electrons. The Morgan fingerprint density at radius 3 is 2.79 bits per heavy atom. The molecule has 1 heterocycles. The van der Waals surface area contributed by atoms with Crippen LogP contribution in [0.3, 0.4) is 0 Å². The largest absolute Gasteiger partial charge is 0.484 e. The number of thiazole rings is 1. The van der Waals surface area contributed by atoms with Crippen molar-refractivity contribution in [3.8, 4) is 17.0 Å². The van der Waals surface area contributed by atoms with E-state index in [2.05, 4.69) is 10.3 Å². The second-order valence-electron chi connectivity index (χ2n) is 4.93. The van der Waals surface area contributed by atoms with Gasteiger partial charge < -0.3 is 4.74 Å². The molecule has 0 aliphatic rings. The first-order valence-electron chi connectivity index (χ1n) is 7.23. The molecule has 5 nitrogen and oxygen atoms in total. The van der Waals surface area contributed by atoms with Crippen LogP contribution >= 0.6 is 11.3 Å². The molecule has 3 rings (SSSR count). The maximum absolute atomic E-state index is 11.9. The van der Waals surface area contributed by atoms with Gasteiger partial charge in [-0.25, -0.2) is 4.98 Å². The average molecular weight is 338 g/mol. The topological polar surface area (TPSA) is 68.3 Å². The first-order chi connectivity index (χ1) is 11.7. The highest BCUT2D eigenvalue weighted by molar-refractivity contribution is 7.14. The maximum Gasteiger partial charge on any atom is 0.264 e. The zero-order valence-corrected chi connectivity index (χ0v) is 13.5. The molecule has 0 aliphatic heterocycles. The summed E-state index contributed by atoms with van der Waals surface area (Å²) in [5, 5.41) is 5.11. The third-order valence-electron chi connectivity index (χ3n) is 3.18. The molecule has 0 atom stereocenters. The molecule has 120 valence electrons. The highest BCUT2D eigenvalue weighted by Crippen LogP contribution is 2.24. The minimum Gasteiger partial charge on any atom is -0.484 e. The lowest BCUT2D eigenvalue weighted by molar-refractivity contribution is -0.118. The summed E-state index contributed by atoms with van der Waals surface area (Å²) in [6, 6.07) is 16.4. The van der Waals surface area contributed by atoms with Crippen LogP contribution in [0.5, 0.6) is 5.75 Å². The number of hydrogen-bond acceptors (Lipinski definition) is 5. The molecular formula is C18H14N2O3S. The predicted molar refractivity (Wildman–Crippen MR) is 93.5 cm³/mol. The summed E-state index contributed by atoms with van der Waals surface area (Å²) < 4.78 is 5.38. The van der Waals surface area contributed by atoms with Crippen molar-refractivity contribution in [3.05, 3.63) is 65.5 Å². The third kappa shape index (κ3) is 4.05. The smallest absolute Gasteiger partial charge is 0.264 e. The van der Waals surface area contributed by atoms with Gasteiger partial charge in [-0.1, -0.05) is 42.5 Å². The Bertz CT molecular complexity index is 846. The number of aldehydes is 1. The number of anilines is 1. The van der Waals surface area contributed by atoms with Crippen molar-refractivity contribution < 1.29 is 14.3 Å². The Morgan fingerprint density at radius 1 is 1.17 bits per heavy atom. The van der Waals surface area contributed by atoms with Crippen LogP contribution in [0.2, 0.25) is 0 Å². The fourth-order valence-electron chi connectivity index (χ4n) is 2.05. The lowest BCUT2D eigenvalue weighted by atomic mass is 10.2. The molecule has 1 aromatic heterocycles. The fraction of sp³-hybridized carbons (Fsp3) is 0.0556. The maximum atomic E-state index is 11.9. The zero-order valence-electron chi connectivity index (χ0n) is 12.6. The van der Waals surface area contributed by atoms with Crippen LogP contribution in [0.1, 0.15) is 10.4 Å². The van der Waals surface area contributed by atoms with Crippen LogP contribution in [-0.2, 0) is 4.79 Å².